The fourth-order valence-electron chi connectivity index (χ4n) is 2.58. The molecule has 0 aliphatic heterocycles. The number of para-hydroxylation sites is 1. The van der Waals surface area contributed by atoms with Gasteiger partial charge in [0, 0.05) is 24.5 Å². The third-order valence-corrected chi connectivity index (χ3v) is 3.94. The third kappa shape index (κ3) is 4.07. The topological polar surface area (TPSA) is 56.1 Å². The zero-order valence-corrected chi connectivity index (χ0v) is 14.6. The van der Waals surface area contributed by atoms with Crippen molar-refractivity contribution in [1.29, 1.82) is 0 Å². The van der Waals surface area contributed by atoms with Crippen LogP contribution in [0.4, 0.5) is 5.69 Å². The van der Waals surface area contributed by atoms with Crippen LogP contribution in [0.1, 0.15) is 27.2 Å². The first-order chi connectivity index (χ1) is 12.0. The van der Waals surface area contributed by atoms with Crippen molar-refractivity contribution in [1.82, 2.24) is 9.78 Å². The lowest BCUT2D eigenvalue weighted by Crippen LogP contribution is -2.14. The van der Waals surface area contributed by atoms with Gasteiger partial charge in [-0.2, -0.15) is 5.10 Å². The number of carbonyl (C=O) groups is 1. The maximum Gasteiger partial charge on any atom is 0.259 e. The predicted molar refractivity (Wildman–Crippen MR) is 97.9 cm³/mol. The summed E-state index contributed by atoms with van der Waals surface area (Å²) in [4.78, 5) is 12.5. The molecular weight excluding hydrogens is 314 g/mol. The number of carbonyl (C=O) groups excluding carboxylic acids is 1. The zero-order chi connectivity index (χ0) is 17.8. The highest BCUT2D eigenvalue weighted by Crippen LogP contribution is 2.20. The van der Waals surface area contributed by atoms with Gasteiger partial charge in [0.25, 0.3) is 5.91 Å². The van der Waals surface area contributed by atoms with Gasteiger partial charge in [0.15, 0.2) is 0 Å². The SMILES string of the molecule is Cc1ccc(OCc2ccccc2NC(=O)c2cn(C)nc2C)cc1. The van der Waals surface area contributed by atoms with Crippen molar-refractivity contribution in [3.63, 3.8) is 0 Å². The van der Waals surface area contributed by atoms with Crippen LogP contribution in [-0.2, 0) is 13.7 Å². The minimum absolute atomic E-state index is 0.173. The summed E-state index contributed by atoms with van der Waals surface area (Å²) in [6.07, 6.45) is 1.72. The van der Waals surface area contributed by atoms with E-state index in [0.717, 1.165) is 17.0 Å². The molecule has 1 heterocycles. The van der Waals surface area contributed by atoms with Crippen molar-refractivity contribution in [2.24, 2.45) is 7.05 Å². The Labute approximate surface area is 147 Å². The number of aryl methyl sites for hydroxylation is 3. The van der Waals surface area contributed by atoms with Crippen LogP contribution in [0.3, 0.4) is 0 Å². The van der Waals surface area contributed by atoms with E-state index in [1.54, 1.807) is 17.9 Å². The third-order valence-electron chi connectivity index (χ3n) is 3.94. The average Bonchev–Trinajstić information content (AvgIpc) is 2.94. The molecule has 0 fully saturated rings. The van der Waals surface area contributed by atoms with Gasteiger partial charge in [-0.25, -0.2) is 0 Å². The number of hydrogen-bond acceptors (Lipinski definition) is 3. The highest BCUT2D eigenvalue weighted by Gasteiger charge is 2.14. The molecule has 5 nitrogen and oxygen atoms in total. The molecule has 0 aliphatic rings. The van der Waals surface area contributed by atoms with E-state index in [2.05, 4.69) is 10.4 Å². The summed E-state index contributed by atoms with van der Waals surface area (Å²) in [6, 6.07) is 15.5. The van der Waals surface area contributed by atoms with Crippen LogP contribution in [0, 0.1) is 13.8 Å². The van der Waals surface area contributed by atoms with E-state index < -0.39 is 0 Å². The number of amides is 1. The van der Waals surface area contributed by atoms with Crippen molar-refractivity contribution < 1.29 is 9.53 Å². The quantitative estimate of drug-likeness (QED) is 0.770. The Morgan fingerprint density at radius 2 is 1.84 bits per heavy atom. The van der Waals surface area contributed by atoms with Gasteiger partial charge in [-0.3, -0.25) is 9.48 Å². The van der Waals surface area contributed by atoms with Gasteiger partial charge in [-0.05, 0) is 32.0 Å². The predicted octanol–water partition coefficient (Wildman–Crippen LogP) is 3.87. The Balaban J connectivity index is 1.73. The summed E-state index contributed by atoms with van der Waals surface area (Å²) < 4.78 is 7.47. The molecule has 0 spiro atoms. The molecule has 0 saturated heterocycles. The fourth-order valence-corrected chi connectivity index (χ4v) is 2.58. The second-order valence-electron chi connectivity index (χ2n) is 6.01. The molecule has 0 atom stereocenters. The van der Waals surface area contributed by atoms with Crippen LogP contribution >= 0.6 is 0 Å². The largest absolute Gasteiger partial charge is 0.489 e. The van der Waals surface area contributed by atoms with Gasteiger partial charge in [0.2, 0.25) is 0 Å². The molecule has 0 radical (unpaired) electrons. The minimum atomic E-state index is -0.173. The lowest BCUT2D eigenvalue weighted by atomic mass is 10.1. The maximum absolute atomic E-state index is 12.5. The molecule has 0 bridgehead atoms. The first-order valence-electron chi connectivity index (χ1n) is 8.12. The molecule has 2 aromatic carbocycles. The van der Waals surface area contributed by atoms with Crippen molar-refractivity contribution in [2.75, 3.05) is 5.32 Å². The van der Waals surface area contributed by atoms with E-state index in [1.165, 1.54) is 5.56 Å². The average molecular weight is 335 g/mol. The molecule has 0 unspecified atom stereocenters. The number of nitrogens with one attached hydrogen (secondary N) is 1. The number of rotatable bonds is 5. The Morgan fingerprint density at radius 1 is 1.12 bits per heavy atom. The van der Waals surface area contributed by atoms with E-state index >= 15 is 0 Å². The van der Waals surface area contributed by atoms with Gasteiger partial charge in [0.05, 0.1) is 11.3 Å². The first kappa shape index (κ1) is 16.8. The molecular formula is C20H21N3O2. The molecule has 5 heteroatoms. The van der Waals surface area contributed by atoms with Crippen LogP contribution in [0.15, 0.2) is 54.7 Å². The Kier molecular flexibility index (Phi) is 4.84. The molecule has 3 aromatic rings. The van der Waals surface area contributed by atoms with E-state index in [0.29, 0.717) is 17.9 Å². The van der Waals surface area contributed by atoms with Gasteiger partial charge in [0.1, 0.15) is 12.4 Å². The van der Waals surface area contributed by atoms with E-state index in [-0.39, 0.29) is 5.91 Å². The van der Waals surface area contributed by atoms with Crippen molar-refractivity contribution in [3.8, 4) is 5.75 Å². The normalized spacial score (nSPS) is 10.5. The van der Waals surface area contributed by atoms with Crippen molar-refractivity contribution in [2.45, 2.75) is 20.5 Å². The number of ether oxygens (including phenoxy) is 1. The Bertz CT molecular complexity index is 882. The molecule has 1 amide bonds. The van der Waals surface area contributed by atoms with E-state index in [4.69, 9.17) is 4.74 Å². The standard InChI is InChI=1S/C20H21N3O2/c1-14-8-10-17(11-9-14)25-13-16-6-4-5-7-19(16)21-20(24)18-12-23(3)22-15(18)2/h4-12H,13H2,1-3H3,(H,21,24). The summed E-state index contributed by atoms with van der Waals surface area (Å²) in [5, 5.41) is 7.16. The molecule has 128 valence electrons. The van der Waals surface area contributed by atoms with Gasteiger partial charge < -0.3 is 10.1 Å². The minimum Gasteiger partial charge on any atom is -0.489 e. The number of aromatic nitrogens is 2. The maximum atomic E-state index is 12.5. The first-order valence-corrected chi connectivity index (χ1v) is 8.12. The Morgan fingerprint density at radius 3 is 2.52 bits per heavy atom. The monoisotopic (exact) mass is 335 g/mol. The fraction of sp³-hybridized carbons (Fsp3) is 0.200. The van der Waals surface area contributed by atoms with Crippen LogP contribution < -0.4 is 10.1 Å². The van der Waals surface area contributed by atoms with Gasteiger partial charge >= 0.3 is 0 Å². The molecule has 0 saturated carbocycles. The smallest absolute Gasteiger partial charge is 0.259 e. The summed E-state index contributed by atoms with van der Waals surface area (Å²) >= 11 is 0. The van der Waals surface area contributed by atoms with Crippen molar-refractivity contribution >= 4 is 11.6 Å². The summed E-state index contributed by atoms with van der Waals surface area (Å²) in [5.41, 5.74) is 4.11. The number of anilines is 1. The molecule has 3 rings (SSSR count). The molecule has 1 aromatic heterocycles. The Hall–Kier alpha value is -3.08. The van der Waals surface area contributed by atoms with Gasteiger partial charge in [-0.1, -0.05) is 35.9 Å². The van der Waals surface area contributed by atoms with Crippen molar-refractivity contribution in [3.05, 3.63) is 77.1 Å². The van der Waals surface area contributed by atoms with Crippen LogP contribution in [0.2, 0.25) is 0 Å². The lowest BCUT2D eigenvalue weighted by molar-refractivity contribution is 0.102. The molecule has 25 heavy (non-hydrogen) atoms. The number of benzene rings is 2. The number of hydrogen-bond donors (Lipinski definition) is 1. The number of nitrogens with zero attached hydrogens (tertiary/aromatic N) is 2. The zero-order valence-electron chi connectivity index (χ0n) is 14.6. The summed E-state index contributed by atoms with van der Waals surface area (Å²) in [6.45, 7) is 4.24. The van der Waals surface area contributed by atoms with E-state index in [1.807, 2.05) is 62.4 Å². The van der Waals surface area contributed by atoms with Gasteiger partial charge in [-0.15, -0.1) is 0 Å². The lowest BCUT2D eigenvalue weighted by Gasteiger charge is -2.12. The van der Waals surface area contributed by atoms with Crippen LogP contribution in [0.25, 0.3) is 0 Å². The van der Waals surface area contributed by atoms with Crippen LogP contribution in [0.5, 0.6) is 5.75 Å². The summed E-state index contributed by atoms with van der Waals surface area (Å²) in [7, 11) is 1.80. The van der Waals surface area contributed by atoms with E-state index in [9.17, 15) is 4.79 Å². The summed E-state index contributed by atoms with van der Waals surface area (Å²) in [5.74, 6) is 0.628. The second-order valence-corrected chi connectivity index (χ2v) is 6.01. The molecule has 1 N–H and O–H groups in total. The second kappa shape index (κ2) is 7.21. The van der Waals surface area contributed by atoms with Crippen LogP contribution in [-0.4, -0.2) is 15.7 Å². The highest BCUT2D eigenvalue weighted by molar-refractivity contribution is 6.05. The molecule has 0 aliphatic carbocycles. The highest BCUT2D eigenvalue weighted by atomic mass is 16.5.